The Kier molecular flexibility index (Phi) is 10.1. The molecule has 48 heavy (non-hydrogen) atoms. The minimum atomic E-state index is -0.212. The third-order valence-electron chi connectivity index (χ3n) is 10.1. The van der Waals surface area contributed by atoms with E-state index in [1.54, 1.807) is 0 Å². The van der Waals surface area contributed by atoms with E-state index in [1.165, 1.54) is 58.4 Å². The monoisotopic (exact) mass is 638 g/mol. The highest BCUT2D eigenvalue weighted by Crippen LogP contribution is 2.38. The first-order valence-corrected chi connectivity index (χ1v) is 17.6. The van der Waals surface area contributed by atoms with Gasteiger partial charge in [0.05, 0.1) is 12.1 Å². The Morgan fingerprint density at radius 2 is 1.02 bits per heavy atom. The first kappa shape index (κ1) is 32.0. The standard InChI is InChI=1S/C42H46N4O2/c1-3-27-45-29-11-9-23-37(45)41(35-21-13-17-31-15-5-7-19-33(31)35)47-39-25-26-40(44-43-39)48-42(38-24-10-12-30-46(38)28-4-2)36-22-14-18-32-16-6-8-20-34(32)36/h3-8,13-22,25-26,37-38,41-42H,1-2,9-12,23-24,27-30H2/t37-,38-,41?,42?/m0/s1. The highest BCUT2D eigenvalue weighted by atomic mass is 16.5. The van der Waals surface area contributed by atoms with E-state index in [0.29, 0.717) is 11.8 Å². The summed E-state index contributed by atoms with van der Waals surface area (Å²) in [4.78, 5) is 5.00. The first-order chi connectivity index (χ1) is 23.7. The molecule has 2 aliphatic rings. The van der Waals surface area contributed by atoms with Gasteiger partial charge in [-0.1, -0.05) is 110 Å². The summed E-state index contributed by atoms with van der Waals surface area (Å²) >= 11 is 0. The molecule has 6 heteroatoms. The van der Waals surface area contributed by atoms with Gasteiger partial charge in [-0.2, -0.15) is 0 Å². The molecule has 246 valence electrons. The highest BCUT2D eigenvalue weighted by molar-refractivity contribution is 5.87. The maximum atomic E-state index is 6.87. The van der Waals surface area contributed by atoms with Crippen LogP contribution in [0.5, 0.6) is 11.8 Å². The summed E-state index contributed by atoms with van der Waals surface area (Å²) in [6.07, 6.45) is 10.4. The Labute approximate surface area is 284 Å². The van der Waals surface area contributed by atoms with Gasteiger partial charge in [-0.25, -0.2) is 0 Å². The van der Waals surface area contributed by atoms with E-state index in [1.807, 2.05) is 24.3 Å². The van der Waals surface area contributed by atoms with Crippen LogP contribution in [0.2, 0.25) is 0 Å². The molecule has 6 nitrogen and oxygen atoms in total. The van der Waals surface area contributed by atoms with Crippen LogP contribution in [0.25, 0.3) is 21.5 Å². The van der Waals surface area contributed by atoms with Gasteiger partial charge >= 0.3 is 0 Å². The largest absolute Gasteiger partial charge is 0.467 e. The summed E-state index contributed by atoms with van der Waals surface area (Å²) in [5.41, 5.74) is 2.35. The molecule has 5 aromatic rings. The summed E-state index contributed by atoms with van der Waals surface area (Å²) in [6, 6.07) is 34.3. The second kappa shape index (κ2) is 15.1. The van der Waals surface area contributed by atoms with Gasteiger partial charge in [-0.3, -0.25) is 9.80 Å². The van der Waals surface area contributed by atoms with Gasteiger partial charge in [-0.05, 0) is 60.3 Å². The Morgan fingerprint density at radius 3 is 1.46 bits per heavy atom. The zero-order valence-corrected chi connectivity index (χ0v) is 27.8. The zero-order valence-electron chi connectivity index (χ0n) is 27.8. The van der Waals surface area contributed by atoms with Gasteiger partial charge in [0, 0.05) is 36.3 Å². The average molecular weight is 639 g/mol. The molecule has 2 fully saturated rings. The first-order valence-electron chi connectivity index (χ1n) is 17.6. The predicted molar refractivity (Wildman–Crippen MR) is 195 cm³/mol. The number of rotatable bonds is 12. The molecular weight excluding hydrogens is 592 g/mol. The van der Waals surface area contributed by atoms with Crippen molar-refractivity contribution in [1.82, 2.24) is 20.0 Å². The maximum Gasteiger partial charge on any atom is 0.234 e. The number of likely N-dealkylation sites (tertiary alicyclic amines) is 2. The Balaban J connectivity index is 1.21. The third-order valence-corrected chi connectivity index (χ3v) is 10.1. The lowest BCUT2D eigenvalue weighted by Gasteiger charge is -2.40. The minimum Gasteiger partial charge on any atom is -0.467 e. The van der Waals surface area contributed by atoms with Crippen LogP contribution >= 0.6 is 0 Å². The lowest BCUT2D eigenvalue weighted by atomic mass is 9.90. The smallest absolute Gasteiger partial charge is 0.234 e. The molecule has 0 spiro atoms. The summed E-state index contributed by atoms with van der Waals surface area (Å²) in [5, 5.41) is 14.1. The predicted octanol–water partition coefficient (Wildman–Crippen LogP) is 9.10. The van der Waals surface area contributed by atoms with Crippen molar-refractivity contribution in [2.24, 2.45) is 0 Å². The van der Waals surface area contributed by atoms with Crippen LogP contribution in [0, 0.1) is 0 Å². The Morgan fingerprint density at radius 1 is 0.583 bits per heavy atom. The number of aromatic nitrogens is 2. The number of hydrogen-bond donors (Lipinski definition) is 0. The molecule has 4 aromatic carbocycles. The topological polar surface area (TPSA) is 50.7 Å². The molecule has 2 saturated heterocycles. The molecular formula is C42H46N4O2. The molecule has 0 amide bonds. The van der Waals surface area contributed by atoms with E-state index in [4.69, 9.17) is 9.47 Å². The fraction of sp³-hybridized carbons (Fsp3) is 0.333. The maximum absolute atomic E-state index is 6.87. The van der Waals surface area contributed by atoms with E-state index >= 15 is 0 Å². The Hall–Kier alpha value is -4.52. The highest BCUT2D eigenvalue weighted by Gasteiger charge is 2.35. The second-order valence-corrected chi connectivity index (χ2v) is 13.1. The van der Waals surface area contributed by atoms with Crippen LogP contribution < -0.4 is 9.47 Å². The summed E-state index contributed by atoms with van der Waals surface area (Å²) in [7, 11) is 0. The number of nitrogens with zero attached hydrogens (tertiary/aromatic N) is 4. The van der Waals surface area contributed by atoms with Crippen LogP contribution in [0.15, 0.2) is 122 Å². The van der Waals surface area contributed by atoms with E-state index in [-0.39, 0.29) is 24.3 Å². The molecule has 4 atom stereocenters. The summed E-state index contributed by atoms with van der Waals surface area (Å²) in [5.74, 6) is 0.995. The van der Waals surface area contributed by atoms with Gasteiger partial charge in [-0.15, -0.1) is 23.4 Å². The molecule has 0 N–H and O–H groups in total. The summed E-state index contributed by atoms with van der Waals surface area (Å²) < 4.78 is 13.7. The molecule has 3 heterocycles. The fourth-order valence-corrected chi connectivity index (χ4v) is 7.89. The van der Waals surface area contributed by atoms with Crippen molar-refractivity contribution in [3.63, 3.8) is 0 Å². The fourth-order valence-electron chi connectivity index (χ4n) is 7.89. The quantitative estimate of drug-likeness (QED) is 0.127. The molecule has 0 radical (unpaired) electrons. The van der Waals surface area contributed by atoms with Crippen LogP contribution in [0.1, 0.15) is 61.9 Å². The normalized spacial score (nSPS) is 20.2. The Bertz CT molecular complexity index is 1690. The molecule has 7 rings (SSSR count). The number of benzene rings is 4. The van der Waals surface area contributed by atoms with Gasteiger partial charge in [0.25, 0.3) is 0 Å². The van der Waals surface area contributed by atoms with Crippen molar-refractivity contribution in [3.05, 3.63) is 133 Å². The van der Waals surface area contributed by atoms with Crippen molar-refractivity contribution in [2.75, 3.05) is 26.2 Å². The molecule has 0 aliphatic carbocycles. The van der Waals surface area contributed by atoms with Crippen molar-refractivity contribution in [3.8, 4) is 11.8 Å². The van der Waals surface area contributed by atoms with E-state index in [9.17, 15) is 0 Å². The van der Waals surface area contributed by atoms with Crippen molar-refractivity contribution in [2.45, 2.75) is 62.8 Å². The number of hydrogen-bond acceptors (Lipinski definition) is 6. The van der Waals surface area contributed by atoms with Crippen LogP contribution in [-0.4, -0.2) is 58.3 Å². The molecule has 2 aliphatic heterocycles. The third kappa shape index (κ3) is 6.87. The SMILES string of the molecule is C=CCN1CCCC[C@H]1C(Oc1ccc(OC(c2cccc3ccccc23)[C@@H]2CCCCN2CC=C)nn1)c1cccc2ccccc12. The number of fused-ring (bicyclic) bond motifs is 2. The van der Waals surface area contributed by atoms with Crippen LogP contribution in [-0.2, 0) is 0 Å². The number of piperidine rings is 2. The lowest BCUT2D eigenvalue weighted by molar-refractivity contribution is 0.0407. The molecule has 2 unspecified atom stereocenters. The molecule has 0 bridgehead atoms. The summed E-state index contributed by atoms with van der Waals surface area (Å²) in [6.45, 7) is 11.8. The number of ether oxygens (including phenoxy) is 2. The van der Waals surface area contributed by atoms with E-state index in [0.717, 1.165) is 39.0 Å². The van der Waals surface area contributed by atoms with Gasteiger partial charge in [0.2, 0.25) is 11.8 Å². The zero-order chi connectivity index (χ0) is 32.7. The van der Waals surface area contributed by atoms with Gasteiger partial charge in [0.15, 0.2) is 0 Å². The van der Waals surface area contributed by atoms with E-state index in [2.05, 4.69) is 118 Å². The van der Waals surface area contributed by atoms with Gasteiger partial charge < -0.3 is 9.47 Å². The minimum absolute atomic E-state index is 0.193. The second-order valence-electron chi connectivity index (χ2n) is 13.1. The van der Waals surface area contributed by atoms with Crippen LogP contribution in [0.3, 0.4) is 0 Å². The van der Waals surface area contributed by atoms with Crippen LogP contribution in [0.4, 0.5) is 0 Å². The lowest BCUT2D eigenvalue weighted by Crippen LogP contribution is -2.45. The van der Waals surface area contributed by atoms with Crippen molar-refractivity contribution >= 4 is 21.5 Å². The average Bonchev–Trinajstić information content (AvgIpc) is 3.14. The van der Waals surface area contributed by atoms with E-state index < -0.39 is 0 Å². The van der Waals surface area contributed by atoms with Crippen molar-refractivity contribution < 1.29 is 9.47 Å². The van der Waals surface area contributed by atoms with Gasteiger partial charge in [0.1, 0.15) is 12.2 Å². The molecule has 1 aromatic heterocycles. The van der Waals surface area contributed by atoms with Crippen molar-refractivity contribution in [1.29, 1.82) is 0 Å². The molecule has 0 saturated carbocycles.